The van der Waals surface area contributed by atoms with Crippen LogP contribution < -0.4 is 94.5 Å². The average Bonchev–Trinajstić information content (AvgIpc) is 1.64. The summed E-state index contributed by atoms with van der Waals surface area (Å²) in [6.07, 6.45) is 3.31. The average molecular weight is 2040 g/mol. The number of rotatable bonds is 29. The summed E-state index contributed by atoms with van der Waals surface area (Å²) in [4.78, 5) is 81.8. The maximum Gasteiger partial charge on any atom is 0.321 e. The third-order valence-electron chi connectivity index (χ3n) is 27.7. The quantitative estimate of drug-likeness (QED) is 0.0230. The highest BCUT2D eigenvalue weighted by Crippen LogP contribution is 2.45. The van der Waals surface area contributed by atoms with Crippen LogP contribution in [-0.2, 0) is 52.7 Å². The van der Waals surface area contributed by atoms with Crippen molar-refractivity contribution in [1.29, 1.82) is 0 Å². The first-order valence-corrected chi connectivity index (χ1v) is 51.1. The Kier molecular flexibility index (Phi) is 45.5. The molecule has 1 fully saturated rings. The largest absolute Gasteiger partial charge is 0.493 e. The molecule has 0 saturated heterocycles. The van der Waals surface area contributed by atoms with E-state index in [0.29, 0.717) is 51.2 Å². The number of aliphatic hydroxyl groups excluding tert-OH is 1. The maximum atomic E-state index is 12.1. The molecule has 13 rings (SSSR count). The molecule has 0 atom stereocenters. The summed E-state index contributed by atoms with van der Waals surface area (Å²) in [5.74, 6) is 6.53. The summed E-state index contributed by atoms with van der Waals surface area (Å²) in [7, 11) is 20.3. The van der Waals surface area contributed by atoms with Crippen LogP contribution in [-0.4, -0.2) is 132 Å². The van der Waals surface area contributed by atoms with Crippen LogP contribution in [0, 0.1) is 138 Å². The number of amides is 12. The number of aliphatic hydroxyl groups is 1. The first kappa shape index (κ1) is 120. The molecule has 0 unspecified atom stereocenters. The lowest BCUT2D eigenvalue weighted by Crippen LogP contribution is -2.35. The molecule has 0 spiro atoms. The normalized spacial score (nSPS) is 11.0. The van der Waals surface area contributed by atoms with Crippen LogP contribution in [0.3, 0.4) is 0 Å². The van der Waals surface area contributed by atoms with Crippen LogP contribution in [0.15, 0.2) is 182 Å². The molecule has 150 heavy (non-hydrogen) atoms. The van der Waals surface area contributed by atoms with Gasteiger partial charge in [-0.25, -0.2) is 28.8 Å². The van der Waals surface area contributed by atoms with Gasteiger partial charge in [-0.05, 0) is 377 Å². The van der Waals surface area contributed by atoms with Gasteiger partial charge in [0.05, 0.1) is 52.9 Å². The third kappa shape index (κ3) is 31.9. The second-order valence-corrected chi connectivity index (χ2v) is 38.4. The minimum atomic E-state index is -0.223. The first-order chi connectivity index (χ1) is 71.3. The van der Waals surface area contributed by atoms with Crippen molar-refractivity contribution < 1.29 is 67.0 Å². The molecule has 1 aliphatic carbocycles. The van der Waals surface area contributed by atoms with E-state index in [-0.39, 0.29) is 49.4 Å². The molecule has 0 bridgehead atoms. The molecule has 26 heteroatoms. The van der Waals surface area contributed by atoms with Crippen LogP contribution in [0.25, 0.3) is 0 Å². The summed E-state index contributed by atoms with van der Waals surface area (Å²) in [5, 5.41) is 25.6. The number of nitrogens with zero attached hydrogens (tertiary/aromatic N) is 6. The zero-order chi connectivity index (χ0) is 111. The van der Waals surface area contributed by atoms with Gasteiger partial charge in [-0.3, -0.25) is 29.4 Å². The molecule has 0 heterocycles. The molecule has 26 nitrogen and oxygen atoms in total. The third-order valence-corrected chi connectivity index (χ3v) is 27.7. The topological polar surface area (TPSA) is 279 Å². The number of anilines is 6. The number of hydrogen-bond acceptors (Lipinski definition) is 14. The highest BCUT2D eigenvalue weighted by atomic mass is 16.5. The molecule has 0 radical (unpaired) electrons. The van der Waals surface area contributed by atoms with E-state index in [1.54, 1.807) is 109 Å². The number of aryl methyl sites for hydroxylation is 21. The van der Waals surface area contributed by atoms with Crippen LogP contribution >= 0.6 is 0 Å². The summed E-state index contributed by atoms with van der Waals surface area (Å²) < 4.78 is 42.5. The summed E-state index contributed by atoms with van der Waals surface area (Å²) in [6.45, 7) is 48.2. The highest BCUT2D eigenvalue weighted by Gasteiger charge is 2.30. The van der Waals surface area contributed by atoms with Crippen LogP contribution in [0.2, 0.25) is 0 Å². The zero-order valence-corrected chi connectivity index (χ0v) is 95.1. The Balaban J connectivity index is 0.000000219. The number of carbonyl (C=O) groups excluding carboxylic acids is 6. The van der Waals surface area contributed by atoms with Crippen molar-refractivity contribution in [2.45, 2.75) is 224 Å². The van der Waals surface area contributed by atoms with E-state index in [4.69, 9.17) is 33.2 Å². The molecule has 7 N–H and O–H groups in total. The van der Waals surface area contributed by atoms with E-state index in [0.717, 1.165) is 159 Å². The van der Waals surface area contributed by atoms with Crippen molar-refractivity contribution in [1.82, 2.24) is 31.9 Å². The fourth-order valence-corrected chi connectivity index (χ4v) is 17.3. The van der Waals surface area contributed by atoms with Gasteiger partial charge in [0.1, 0.15) is 79.9 Å². The number of nitrogens with one attached hydrogen (secondary N) is 6. The number of benzene rings is 12. The molecular formula is C124H162N12O14. The van der Waals surface area contributed by atoms with Crippen LogP contribution in [0.4, 0.5) is 62.9 Å². The zero-order valence-electron chi connectivity index (χ0n) is 95.1. The Bertz CT molecular complexity index is 6450. The first-order valence-electron chi connectivity index (χ1n) is 51.1. The van der Waals surface area contributed by atoms with Crippen molar-refractivity contribution in [3.8, 4) is 40.2 Å². The van der Waals surface area contributed by atoms with Crippen molar-refractivity contribution in [2.24, 2.45) is 0 Å². The van der Waals surface area contributed by atoms with Gasteiger partial charge >= 0.3 is 36.2 Å². The molecule has 12 amide bonds. The lowest BCUT2D eigenvalue weighted by molar-refractivity contribution is 0.248. The van der Waals surface area contributed by atoms with Gasteiger partial charge in [0, 0.05) is 112 Å². The molecule has 12 aromatic carbocycles. The van der Waals surface area contributed by atoms with Gasteiger partial charge in [0.2, 0.25) is 0 Å². The van der Waals surface area contributed by atoms with E-state index in [2.05, 4.69) is 222 Å². The number of urea groups is 6. The van der Waals surface area contributed by atoms with Crippen LogP contribution in [0.1, 0.15) is 194 Å². The van der Waals surface area contributed by atoms with E-state index in [1.165, 1.54) is 95.6 Å². The molecule has 0 aromatic heterocycles. The molecule has 0 aliphatic heterocycles. The lowest BCUT2D eigenvalue weighted by Gasteiger charge is -2.23. The Labute approximate surface area is 891 Å². The Morgan fingerprint density at radius 1 is 0.247 bits per heavy atom. The molecular weight excluding hydrogens is 1880 g/mol. The van der Waals surface area contributed by atoms with Gasteiger partial charge in [-0.2, -0.15) is 0 Å². The van der Waals surface area contributed by atoms with E-state index >= 15 is 0 Å². The van der Waals surface area contributed by atoms with Crippen molar-refractivity contribution in [3.63, 3.8) is 0 Å². The predicted octanol–water partition coefficient (Wildman–Crippen LogP) is 25.7. The number of ether oxygens (including phenoxy) is 7. The Hall–Kier alpha value is -15.2. The molecule has 802 valence electrons. The van der Waals surface area contributed by atoms with Crippen LogP contribution in [0.5, 0.6) is 40.2 Å². The van der Waals surface area contributed by atoms with Crippen molar-refractivity contribution >= 4 is 70.3 Å². The monoisotopic (exact) mass is 2040 g/mol. The standard InChI is InChI=1S/C22H28N2O2.C21H28N2O3.C21H28N2O2.C20H26N2O3.2C20H26N2O2/c1-14-11-16(3)21(12-15(14)2)26-13-19-18(17-9-10-17)7-6-8-20(19)24(5)22(25)23-4;1-7-25-19-10-8-9-18(23(6)21(24)22-5)17(19)13-26-20-12-15(3)14(2)11-16(20)4;1-7-17-9-8-10-19(23(6)21(24)22-5)18(17)13-25-20-12-15(3)14(2)11-16(20)4;1-13-9-15(3)19(10-14(13)2)25-12-17-16(11-23)7-6-8-18(17)22(5)20(24)21-4;2*1-13-8-7-9-18(22(6)20(23)21-5)17(13)12-24-19-11-15(3)14(2)10-16(19)4/h6-8,11-12,17H,9-10,13H2,1-5H3,(H,23,25);8-12H,7,13H2,1-6H3,(H,22,24);8-12H,7,13H2,1-6H3,(H,22,24);6-10,23H,11-12H2,1-5H3,(H,21,24);2*7-11H,12H2,1-6H3,(H,21,23). The smallest absolute Gasteiger partial charge is 0.321 e. The number of carbonyl (C=O) groups is 6. The molecule has 1 aliphatic rings. The SMILES string of the molecule is CCOc1cccc(N(C)C(=O)NC)c1COc1cc(C)c(C)cc1C.CCc1cccc(N(C)C(=O)NC)c1COc1cc(C)c(C)cc1C.CNC(=O)N(C)c1cccc(C)c1COc1cc(C)c(C)cc1C.CNC(=O)N(C)c1cccc(C)c1COc1cc(C)c(C)cc1C.CNC(=O)N(C)c1cccc(C2CC2)c1COc1cc(C)c(C)cc1C.CNC(=O)N(C)c1cccc(CO)c1COc1cc(C)c(C)cc1C. The predicted molar refractivity (Wildman–Crippen MR) is 614 cm³/mol. The van der Waals surface area contributed by atoms with Gasteiger partial charge in [-0.1, -0.05) is 110 Å². The van der Waals surface area contributed by atoms with Gasteiger partial charge in [-0.15, -0.1) is 0 Å². The van der Waals surface area contributed by atoms with Gasteiger partial charge < -0.3 is 70.2 Å². The second kappa shape index (κ2) is 56.8. The van der Waals surface area contributed by atoms with E-state index in [1.807, 2.05) is 145 Å². The van der Waals surface area contributed by atoms with Gasteiger partial charge in [0.15, 0.2) is 0 Å². The van der Waals surface area contributed by atoms with E-state index < -0.39 is 0 Å². The molecule has 12 aromatic rings. The minimum absolute atomic E-state index is 0.111. The summed E-state index contributed by atoms with van der Waals surface area (Å²) in [6, 6.07) is 59.5. The highest BCUT2D eigenvalue weighted by molar-refractivity contribution is 5.96. The fourth-order valence-electron chi connectivity index (χ4n) is 17.3. The van der Waals surface area contributed by atoms with Gasteiger partial charge in [0.25, 0.3) is 0 Å². The Morgan fingerprint density at radius 3 is 0.720 bits per heavy atom. The van der Waals surface area contributed by atoms with Crippen molar-refractivity contribution in [2.75, 3.05) is 121 Å². The maximum absolute atomic E-state index is 12.1. The lowest BCUT2D eigenvalue weighted by atomic mass is 10.0. The second-order valence-electron chi connectivity index (χ2n) is 38.4. The molecule has 1 saturated carbocycles. The summed E-state index contributed by atoms with van der Waals surface area (Å²) in [5.41, 5.74) is 37.6. The summed E-state index contributed by atoms with van der Waals surface area (Å²) >= 11 is 0. The van der Waals surface area contributed by atoms with E-state index in [9.17, 15) is 33.9 Å². The minimum Gasteiger partial charge on any atom is -0.493 e. The van der Waals surface area contributed by atoms with Crippen molar-refractivity contribution in [3.05, 3.63) is 343 Å². The number of hydrogen-bond donors (Lipinski definition) is 7. The Morgan fingerprint density at radius 2 is 0.460 bits per heavy atom. The fraction of sp³-hybridized carbons (Fsp3) is 0.371.